The van der Waals surface area contributed by atoms with Crippen molar-refractivity contribution in [3.63, 3.8) is 0 Å². The average molecular weight is 322 g/mol. The van der Waals surface area contributed by atoms with E-state index in [2.05, 4.69) is 21.0 Å². The second-order valence-corrected chi connectivity index (χ2v) is 7.77. The number of aromatic nitrogens is 2. The van der Waals surface area contributed by atoms with Crippen LogP contribution in [-0.2, 0) is 22.9 Å². The minimum atomic E-state index is -3.74. The van der Waals surface area contributed by atoms with Crippen molar-refractivity contribution >= 4 is 26.4 Å². The lowest BCUT2D eigenvalue weighted by Gasteiger charge is -2.07. The van der Waals surface area contributed by atoms with Crippen molar-refractivity contribution in [2.24, 2.45) is 0 Å². The third-order valence-electron chi connectivity index (χ3n) is 3.59. The van der Waals surface area contributed by atoms with Crippen LogP contribution in [0.25, 0.3) is 0 Å². The monoisotopic (exact) mass is 322 g/mol. The van der Waals surface area contributed by atoms with E-state index in [1.165, 1.54) is 11.3 Å². The molecule has 110 valence electrons. The maximum Gasteiger partial charge on any atom is 0.266 e. The second-order valence-electron chi connectivity index (χ2n) is 5.04. The summed E-state index contributed by atoms with van der Waals surface area (Å²) in [5.74, 6) is 0. The zero-order valence-corrected chi connectivity index (χ0v) is 13.3. The molecule has 0 amide bonds. The van der Waals surface area contributed by atoms with Crippen LogP contribution in [0.1, 0.15) is 33.8 Å². The van der Waals surface area contributed by atoms with Crippen molar-refractivity contribution in [2.45, 2.75) is 38.0 Å². The highest BCUT2D eigenvalue weighted by molar-refractivity contribution is 7.93. The van der Waals surface area contributed by atoms with Gasteiger partial charge in [-0.2, -0.15) is 10.4 Å². The molecule has 1 aliphatic carbocycles. The zero-order valence-electron chi connectivity index (χ0n) is 11.6. The van der Waals surface area contributed by atoms with Gasteiger partial charge in [-0.3, -0.25) is 9.82 Å². The number of H-pyrrole nitrogens is 1. The molecule has 21 heavy (non-hydrogen) atoms. The Morgan fingerprint density at radius 2 is 2.14 bits per heavy atom. The molecule has 0 saturated heterocycles. The highest BCUT2D eigenvalue weighted by Gasteiger charge is 2.27. The fourth-order valence-electron chi connectivity index (χ4n) is 2.70. The molecule has 8 heteroatoms. The molecule has 0 aliphatic heterocycles. The van der Waals surface area contributed by atoms with Gasteiger partial charge in [-0.15, -0.1) is 11.3 Å². The summed E-state index contributed by atoms with van der Waals surface area (Å²) < 4.78 is 27.6. The second kappa shape index (κ2) is 4.86. The third kappa shape index (κ3) is 2.22. The maximum absolute atomic E-state index is 12.5. The van der Waals surface area contributed by atoms with Crippen molar-refractivity contribution < 1.29 is 8.42 Å². The first-order valence-corrected chi connectivity index (χ1v) is 8.83. The van der Waals surface area contributed by atoms with Gasteiger partial charge in [0.25, 0.3) is 10.0 Å². The molecule has 3 rings (SSSR count). The molecule has 0 bridgehead atoms. The maximum atomic E-state index is 12.5. The number of hydrogen-bond acceptors (Lipinski definition) is 5. The van der Waals surface area contributed by atoms with Gasteiger partial charge in [0.05, 0.1) is 17.0 Å². The molecular weight excluding hydrogens is 308 g/mol. The topological polar surface area (TPSA) is 98.6 Å². The number of rotatable bonds is 3. The van der Waals surface area contributed by atoms with Gasteiger partial charge in [0.1, 0.15) is 16.0 Å². The summed E-state index contributed by atoms with van der Waals surface area (Å²) in [5, 5.41) is 16.3. The average Bonchev–Trinajstić information content (AvgIpc) is 3.04. The van der Waals surface area contributed by atoms with Crippen LogP contribution in [0.3, 0.4) is 0 Å². The smallest absolute Gasteiger partial charge is 0.266 e. The number of anilines is 1. The summed E-state index contributed by atoms with van der Waals surface area (Å²) in [6, 6.07) is 2.13. The number of nitrogens with zero attached hydrogens (tertiary/aromatic N) is 2. The number of aryl methyl sites for hydroxylation is 3. The highest BCUT2D eigenvalue weighted by atomic mass is 32.2. The Labute approximate surface area is 126 Å². The summed E-state index contributed by atoms with van der Waals surface area (Å²) in [7, 11) is -3.74. The Morgan fingerprint density at radius 3 is 2.76 bits per heavy atom. The molecule has 0 aromatic carbocycles. The first-order valence-electron chi connectivity index (χ1n) is 6.53. The summed E-state index contributed by atoms with van der Waals surface area (Å²) in [5.41, 5.74) is 2.38. The van der Waals surface area contributed by atoms with E-state index in [-0.39, 0.29) is 4.90 Å². The van der Waals surface area contributed by atoms with E-state index in [4.69, 9.17) is 0 Å². The Balaban J connectivity index is 2.03. The largest absolute Gasteiger partial charge is 0.281 e. The van der Waals surface area contributed by atoms with Gasteiger partial charge in [0.2, 0.25) is 0 Å². The number of thiophene rings is 1. The predicted molar refractivity (Wildman–Crippen MR) is 79.9 cm³/mol. The fraction of sp³-hybridized carbons (Fsp3) is 0.385. The molecule has 1 aliphatic rings. The first kappa shape index (κ1) is 14.1. The van der Waals surface area contributed by atoms with Gasteiger partial charge in [0, 0.05) is 4.88 Å². The van der Waals surface area contributed by atoms with Crippen molar-refractivity contribution in [1.82, 2.24) is 10.2 Å². The minimum Gasteiger partial charge on any atom is -0.281 e. The number of hydrogen-bond donors (Lipinski definition) is 2. The number of sulfonamides is 1. The van der Waals surface area contributed by atoms with Crippen molar-refractivity contribution in [2.75, 3.05) is 4.72 Å². The van der Waals surface area contributed by atoms with Crippen LogP contribution < -0.4 is 4.72 Å². The molecule has 2 N–H and O–H groups in total. The van der Waals surface area contributed by atoms with E-state index in [0.717, 1.165) is 29.7 Å². The van der Waals surface area contributed by atoms with Crippen LogP contribution in [0.15, 0.2) is 4.90 Å². The van der Waals surface area contributed by atoms with Gasteiger partial charge in [-0.25, -0.2) is 8.42 Å². The number of nitriles is 1. The molecule has 0 saturated carbocycles. The van der Waals surface area contributed by atoms with Gasteiger partial charge >= 0.3 is 0 Å². The van der Waals surface area contributed by atoms with Crippen LogP contribution in [0, 0.1) is 25.2 Å². The van der Waals surface area contributed by atoms with Crippen molar-refractivity contribution in [3.05, 3.63) is 27.4 Å². The van der Waals surface area contributed by atoms with Gasteiger partial charge in [-0.05, 0) is 38.7 Å². The van der Waals surface area contributed by atoms with Crippen LogP contribution in [0.5, 0.6) is 0 Å². The molecular formula is C13H14N4O2S2. The molecule has 0 radical (unpaired) electrons. The minimum absolute atomic E-state index is 0.153. The molecule has 0 unspecified atom stereocenters. The summed E-state index contributed by atoms with van der Waals surface area (Å²) >= 11 is 1.37. The standard InChI is InChI=1S/C13H14N4O2S2/c1-7-12(8(2)16-15-7)21(18,19)17-13-10(6-14)9-4-3-5-11(9)20-13/h17H,3-5H2,1-2H3,(H,15,16). The van der Waals surface area contributed by atoms with E-state index < -0.39 is 10.0 Å². The molecule has 0 spiro atoms. The molecule has 2 aromatic rings. The number of nitrogens with one attached hydrogen (secondary N) is 2. The van der Waals surface area contributed by atoms with E-state index in [9.17, 15) is 13.7 Å². The zero-order chi connectivity index (χ0) is 15.2. The van der Waals surface area contributed by atoms with Gasteiger partial charge < -0.3 is 0 Å². The Hall–Kier alpha value is -1.85. The van der Waals surface area contributed by atoms with Crippen molar-refractivity contribution in [3.8, 4) is 6.07 Å². The van der Waals surface area contributed by atoms with E-state index >= 15 is 0 Å². The van der Waals surface area contributed by atoms with E-state index in [1.807, 2.05) is 0 Å². The van der Waals surface area contributed by atoms with E-state index in [0.29, 0.717) is 22.0 Å². The Morgan fingerprint density at radius 1 is 1.38 bits per heavy atom. The quantitative estimate of drug-likeness (QED) is 0.905. The lowest BCUT2D eigenvalue weighted by molar-refractivity contribution is 0.600. The number of fused-ring (bicyclic) bond motifs is 1. The fourth-order valence-corrected chi connectivity index (χ4v) is 5.62. The normalized spacial score (nSPS) is 14.0. The lowest BCUT2D eigenvalue weighted by atomic mass is 10.1. The summed E-state index contributed by atoms with van der Waals surface area (Å²) in [4.78, 5) is 1.27. The predicted octanol–water partition coefficient (Wildman–Crippen LogP) is 2.25. The molecule has 2 heterocycles. The third-order valence-corrected chi connectivity index (χ3v) is 6.54. The number of aromatic amines is 1. The molecule has 0 atom stereocenters. The van der Waals surface area contributed by atoms with E-state index in [1.54, 1.807) is 13.8 Å². The van der Waals surface area contributed by atoms with Gasteiger partial charge in [-0.1, -0.05) is 0 Å². The van der Waals surface area contributed by atoms with Crippen LogP contribution in [0.2, 0.25) is 0 Å². The highest BCUT2D eigenvalue weighted by Crippen LogP contribution is 2.39. The summed E-state index contributed by atoms with van der Waals surface area (Å²) in [6.45, 7) is 3.30. The van der Waals surface area contributed by atoms with Gasteiger partial charge in [0.15, 0.2) is 0 Å². The van der Waals surface area contributed by atoms with Crippen LogP contribution >= 0.6 is 11.3 Å². The lowest BCUT2D eigenvalue weighted by Crippen LogP contribution is -2.14. The Bertz CT molecular complexity index is 836. The van der Waals surface area contributed by atoms with Crippen molar-refractivity contribution in [1.29, 1.82) is 5.26 Å². The summed E-state index contributed by atoms with van der Waals surface area (Å²) in [6.07, 6.45) is 2.79. The van der Waals surface area contributed by atoms with Crippen LogP contribution in [0.4, 0.5) is 5.00 Å². The SMILES string of the molecule is Cc1n[nH]c(C)c1S(=O)(=O)Nc1sc2c(c1C#N)CCC2. The Kier molecular flexibility index (Phi) is 3.26. The molecule has 2 aromatic heterocycles. The van der Waals surface area contributed by atoms with Crippen LogP contribution in [-0.4, -0.2) is 18.6 Å². The first-order chi connectivity index (χ1) is 9.94. The molecule has 6 nitrogen and oxygen atoms in total. The molecule has 0 fully saturated rings.